The molecular formula is C14H12N2O2S. The number of thiophene rings is 1. The van der Waals surface area contributed by atoms with Gasteiger partial charge in [-0.25, -0.2) is 4.79 Å². The normalized spacial score (nSPS) is 10.6. The third kappa shape index (κ3) is 2.20. The SMILES string of the molecule is COc1ccc(-n2cc(-c3cccs3)[nH]c2=O)cc1. The molecule has 2 heterocycles. The quantitative estimate of drug-likeness (QED) is 0.797. The van der Waals surface area contributed by atoms with Crippen LogP contribution in [0.25, 0.3) is 16.3 Å². The third-order valence-electron chi connectivity index (χ3n) is 2.86. The summed E-state index contributed by atoms with van der Waals surface area (Å²) in [6, 6.07) is 11.3. The van der Waals surface area contributed by atoms with Crippen LogP contribution in [0, 0.1) is 0 Å². The molecule has 0 saturated carbocycles. The summed E-state index contributed by atoms with van der Waals surface area (Å²) in [6.07, 6.45) is 1.82. The van der Waals surface area contributed by atoms with E-state index in [1.54, 1.807) is 23.0 Å². The number of nitrogens with zero attached hydrogens (tertiary/aromatic N) is 1. The van der Waals surface area contributed by atoms with E-state index in [0.717, 1.165) is 22.0 Å². The number of imidazole rings is 1. The van der Waals surface area contributed by atoms with Gasteiger partial charge in [0.1, 0.15) is 5.75 Å². The first-order valence-corrected chi connectivity index (χ1v) is 6.66. The minimum atomic E-state index is -0.145. The van der Waals surface area contributed by atoms with Crippen LogP contribution < -0.4 is 10.4 Å². The lowest BCUT2D eigenvalue weighted by atomic mass is 10.3. The molecule has 0 aliphatic carbocycles. The third-order valence-corrected chi connectivity index (χ3v) is 3.76. The molecule has 3 aromatic rings. The monoisotopic (exact) mass is 272 g/mol. The molecule has 2 aromatic heterocycles. The van der Waals surface area contributed by atoms with Gasteiger partial charge in [-0.05, 0) is 35.7 Å². The lowest BCUT2D eigenvalue weighted by Crippen LogP contribution is -2.13. The van der Waals surface area contributed by atoms with Gasteiger partial charge in [-0.3, -0.25) is 4.57 Å². The van der Waals surface area contributed by atoms with Crippen molar-refractivity contribution in [2.45, 2.75) is 0 Å². The van der Waals surface area contributed by atoms with Gasteiger partial charge < -0.3 is 9.72 Å². The van der Waals surface area contributed by atoms with Crippen molar-refractivity contribution in [1.82, 2.24) is 9.55 Å². The molecule has 0 aliphatic rings. The van der Waals surface area contributed by atoms with E-state index < -0.39 is 0 Å². The lowest BCUT2D eigenvalue weighted by Gasteiger charge is -2.02. The Morgan fingerprint density at radius 1 is 1.21 bits per heavy atom. The van der Waals surface area contributed by atoms with Crippen molar-refractivity contribution in [2.75, 3.05) is 7.11 Å². The molecule has 0 aliphatic heterocycles. The van der Waals surface area contributed by atoms with Crippen molar-refractivity contribution in [1.29, 1.82) is 0 Å². The van der Waals surface area contributed by atoms with Crippen molar-refractivity contribution < 1.29 is 4.74 Å². The number of aromatic nitrogens is 2. The van der Waals surface area contributed by atoms with Gasteiger partial charge in [-0.1, -0.05) is 6.07 Å². The number of benzene rings is 1. The van der Waals surface area contributed by atoms with E-state index in [-0.39, 0.29) is 5.69 Å². The zero-order chi connectivity index (χ0) is 13.2. The first-order valence-electron chi connectivity index (χ1n) is 5.78. The molecule has 4 nitrogen and oxygen atoms in total. The highest BCUT2D eigenvalue weighted by atomic mass is 32.1. The van der Waals surface area contributed by atoms with Crippen LogP contribution in [-0.4, -0.2) is 16.7 Å². The number of aromatic amines is 1. The zero-order valence-electron chi connectivity index (χ0n) is 10.3. The Labute approximate surface area is 113 Å². The summed E-state index contributed by atoms with van der Waals surface area (Å²) >= 11 is 1.60. The summed E-state index contributed by atoms with van der Waals surface area (Å²) in [5, 5.41) is 1.98. The van der Waals surface area contributed by atoms with Crippen LogP contribution in [0.3, 0.4) is 0 Å². The first kappa shape index (κ1) is 11.8. The minimum absolute atomic E-state index is 0.145. The summed E-state index contributed by atoms with van der Waals surface area (Å²) in [4.78, 5) is 15.9. The number of H-pyrrole nitrogens is 1. The Morgan fingerprint density at radius 2 is 2.00 bits per heavy atom. The average Bonchev–Trinajstić information content (AvgIpc) is 3.08. The predicted molar refractivity (Wildman–Crippen MR) is 76.3 cm³/mol. The van der Waals surface area contributed by atoms with E-state index in [9.17, 15) is 4.79 Å². The molecular weight excluding hydrogens is 260 g/mol. The van der Waals surface area contributed by atoms with Gasteiger partial charge in [-0.15, -0.1) is 11.3 Å². The van der Waals surface area contributed by atoms with Gasteiger partial charge in [0.25, 0.3) is 0 Å². The highest BCUT2D eigenvalue weighted by Gasteiger charge is 2.07. The summed E-state index contributed by atoms with van der Waals surface area (Å²) < 4.78 is 6.70. The van der Waals surface area contributed by atoms with Crippen LogP contribution in [0.2, 0.25) is 0 Å². The number of ether oxygens (including phenoxy) is 1. The van der Waals surface area contributed by atoms with Gasteiger partial charge in [0.05, 0.1) is 23.4 Å². The number of methoxy groups -OCH3 is 1. The number of hydrogen-bond donors (Lipinski definition) is 1. The van der Waals surface area contributed by atoms with Gasteiger partial charge in [-0.2, -0.15) is 0 Å². The summed E-state index contributed by atoms with van der Waals surface area (Å²) in [5.41, 5.74) is 1.49. The van der Waals surface area contributed by atoms with Crippen molar-refractivity contribution >= 4 is 11.3 Å². The van der Waals surface area contributed by atoms with Gasteiger partial charge in [0, 0.05) is 6.20 Å². The van der Waals surface area contributed by atoms with Crippen molar-refractivity contribution in [3.05, 3.63) is 58.5 Å². The average molecular weight is 272 g/mol. The van der Waals surface area contributed by atoms with E-state index in [4.69, 9.17) is 4.74 Å². The Balaban J connectivity index is 2.03. The largest absolute Gasteiger partial charge is 0.497 e. The van der Waals surface area contributed by atoms with E-state index >= 15 is 0 Å². The predicted octanol–water partition coefficient (Wildman–Crippen LogP) is 2.90. The Kier molecular flexibility index (Phi) is 2.97. The fraction of sp³-hybridized carbons (Fsp3) is 0.0714. The molecule has 3 rings (SSSR count). The second kappa shape index (κ2) is 4.78. The molecule has 0 saturated heterocycles. The summed E-state index contributed by atoms with van der Waals surface area (Å²) in [6.45, 7) is 0. The molecule has 0 amide bonds. The maximum atomic E-state index is 12.0. The molecule has 0 atom stereocenters. The maximum absolute atomic E-state index is 12.0. The standard InChI is InChI=1S/C14H12N2O2S/c1-18-11-6-4-10(5-7-11)16-9-12(15-14(16)17)13-3-2-8-19-13/h2-9H,1H3,(H,15,17). The zero-order valence-corrected chi connectivity index (χ0v) is 11.1. The maximum Gasteiger partial charge on any atom is 0.330 e. The van der Waals surface area contributed by atoms with Gasteiger partial charge >= 0.3 is 5.69 Å². The number of hydrogen-bond acceptors (Lipinski definition) is 3. The molecule has 0 fully saturated rings. The molecule has 96 valence electrons. The van der Waals surface area contributed by atoms with E-state index in [1.807, 2.05) is 48.0 Å². The smallest absolute Gasteiger partial charge is 0.330 e. The second-order valence-corrected chi connectivity index (χ2v) is 4.97. The molecule has 0 bridgehead atoms. The van der Waals surface area contributed by atoms with E-state index in [2.05, 4.69) is 4.98 Å². The Morgan fingerprint density at radius 3 is 2.63 bits per heavy atom. The van der Waals surface area contributed by atoms with E-state index in [1.165, 1.54) is 0 Å². The van der Waals surface area contributed by atoms with Crippen LogP contribution in [-0.2, 0) is 0 Å². The molecule has 0 unspecified atom stereocenters. The fourth-order valence-corrected chi connectivity index (χ4v) is 2.58. The number of nitrogens with one attached hydrogen (secondary N) is 1. The van der Waals surface area contributed by atoms with E-state index in [0.29, 0.717) is 0 Å². The highest BCUT2D eigenvalue weighted by molar-refractivity contribution is 7.13. The van der Waals surface area contributed by atoms with Gasteiger partial charge in [0.15, 0.2) is 0 Å². The van der Waals surface area contributed by atoms with Crippen molar-refractivity contribution in [2.24, 2.45) is 0 Å². The van der Waals surface area contributed by atoms with Crippen LogP contribution >= 0.6 is 11.3 Å². The van der Waals surface area contributed by atoms with Crippen LogP contribution in [0.4, 0.5) is 0 Å². The van der Waals surface area contributed by atoms with Crippen LogP contribution in [0.15, 0.2) is 52.8 Å². The Bertz CT molecular complexity index is 724. The minimum Gasteiger partial charge on any atom is -0.497 e. The molecule has 1 aromatic carbocycles. The highest BCUT2D eigenvalue weighted by Crippen LogP contribution is 2.22. The molecule has 5 heteroatoms. The topological polar surface area (TPSA) is 47.0 Å². The summed E-state index contributed by atoms with van der Waals surface area (Å²) in [7, 11) is 1.62. The Hall–Kier alpha value is -2.27. The van der Waals surface area contributed by atoms with Crippen molar-refractivity contribution in [3.63, 3.8) is 0 Å². The molecule has 1 N–H and O–H groups in total. The second-order valence-electron chi connectivity index (χ2n) is 4.02. The molecule has 0 spiro atoms. The lowest BCUT2D eigenvalue weighted by molar-refractivity contribution is 0.414. The first-order chi connectivity index (χ1) is 9.28. The van der Waals surface area contributed by atoms with Gasteiger partial charge in [0.2, 0.25) is 0 Å². The van der Waals surface area contributed by atoms with Crippen LogP contribution in [0.5, 0.6) is 5.75 Å². The number of rotatable bonds is 3. The molecule has 19 heavy (non-hydrogen) atoms. The molecule has 0 radical (unpaired) electrons. The summed E-state index contributed by atoms with van der Waals surface area (Å²) in [5.74, 6) is 0.769. The van der Waals surface area contributed by atoms with Crippen molar-refractivity contribution in [3.8, 4) is 22.0 Å². The fourth-order valence-electron chi connectivity index (χ4n) is 1.89. The van der Waals surface area contributed by atoms with Crippen LogP contribution in [0.1, 0.15) is 0 Å².